The van der Waals surface area contributed by atoms with Gasteiger partial charge in [0.25, 0.3) is 5.69 Å². The first-order valence-electron chi connectivity index (χ1n) is 9.11. The Morgan fingerprint density at radius 1 is 1.36 bits per heavy atom. The number of rotatable bonds is 2. The Bertz CT molecular complexity index is 982. The lowest BCUT2D eigenvalue weighted by Gasteiger charge is -2.36. The van der Waals surface area contributed by atoms with Gasteiger partial charge < -0.3 is 14.5 Å². The van der Waals surface area contributed by atoms with Crippen molar-refractivity contribution in [2.24, 2.45) is 7.05 Å². The lowest BCUT2D eigenvalue weighted by Crippen LogP contribution is -2.50. The molecule has 4 rings (SSSR count). The predicted octanol–water partition coefficient (Wildman–Crippen LogP) is 2.82. The Balaban J connectivity index is 1.69. The highest BCUT2D eigenvalue weighted by molar-refractivity contribution is 5.97. The minimum atomic E-state index is -0.717. The smallest absolute Gasteiger partial charge is 0.410 e. The monoisotopic (exact) mass is 391 g/mol. The third-order valence-corrected chi connectivity index (χ3v) is 5.17. The van der Waals surface area contributed by atoms with Gasteiger partial charge in [-0.05, 0) is 27.2 Å². The van der Waals surface area contributed by atoms with E-state index in [1.165, 1.54) is 4.68 Å². The Hall–Kier alpha value is -2.91. The number of carbonyl (C=O) groups is 1. The second-order valence-electron chi connectivity index (χ2n) is 8.38. The van der Waals surface area contributed by atoms with Crippen LogP contribution < -0.4 is 4.90 Å². The first-order chi connectivity index (χ1) is 13.0. The van der Waals surface area contributed by atoms with Gasteiger partial charge in [0, 0.05) is 32.4 Å². The first kappa shape index (κ1) is 18.5. The zero-order chi connectivity index (χ0) is 20.4. The molecule has 2 fully saturated rings. The molecule has 2 aliphatic heterocycles. The van der Waals surface area contributed by atoms with E-state index in [4.69, 9.17) is 4.74 Å². The summed E-state index contributed by atoms with van der Waals surface area (Å²) in [6.07, 6.45) is 1.91. The highest BCUT2D eigenvalue weighted by Crippen LogP contribution is 2.43. The van der Waals surface area contributed by atoms with E-state index in [-0.39, 0.29) is 29.4 Å². The molecule has 10 heteroatoms. The van der Waals surface area contributed by atoms with Gasteiger partial charge in [0.1, 0.15) is 16.8 Å². The maximum absolute atomic E-state index is 14.3. The van der Waals surface area contributed by atoms with E-state index in [9.17, 15) is 19.3 Å². The van der Waals surface area contributed by atoms with Crippen molar-refractivity contribution in [1.29, 1.82) is 0 Å². The normalized spacial score (nSPS) is 21.6. The number of ether oxygens (including phenoxy) is 1. The van der Waals surface area contributed by atoms with Crippen molar-refractivity contribution >= 4 is 28.4 Å². The fourth-order valence-corrected chi connectivity index (χ4v) is 4.16. The van der Waals surface area contributed by atoms with E-state index in [1.54, 1.807) is 18.1 Å². The maximum Gasteiger partial charge on any atom is 0.410 e. The third kappa shape index (κ3) is 2.92. The van der Waals surface area contributed by atoms with E-state index in [2.05, 4.69) is 5.10 Å². The van der Waals surface area contributed by atoms with Crippen LogP contribution in [0.25, 0.3) is 10.9 Å². The number of hydrogen-bond donors (Lipinski definition) is 0. The van der Waals surface area contributed by atoms with Gasteiger partial charge in [-0.3, -0.25) is 14.8 Å². The highest BCUT2D eigenvalue weighted by atomic mass is 19.1. The van der Waals surface area contributed by atoms with Crippen molar-refractivity contribution in [1.82, 2.24) is 14.7 Å². The van der Waals surface area contributed by atoms with Crippen molar-refractivity contribution in [2.75, 3.05) is 18.0 Å². The fourth-order valence-electron chi connectivity index (χ4n) is 4.16. The number of hydrogen-bond acceptors (Lipinski definition) is 6. The Morgan fingerprint density at radius 2 is 2.07 bits per heavy atom. The molecule has 0 spiro atoms. The molecule has 9 nitrogen and oxygen atoms in total. The van der Waals surface area contributed by atoms with E-state index >= 15 is 0 Å². The van der Waals surface area contributed by atoms with Gasteiger partial charge in [-0.15, -0.1) is 0 Å². The molecule has 1 aromatic carbocycles. The number of amides is 1. The van der Waals surface area contributed by atoms with Gasteiger partial charge >= 0.3 is 6.09 Å². The van der Waals surface area contributed by atoms with E-state index < -0.39 is 16.3 Å². The Morgan fingerprint density at radius 3 is 2.64 bits per heavy atom. The summed E-state index contributed by atoms with van der Waals surface area (Å²) in [7, 11) is 1.65. The van der Waals surface area contributed by atoms with Crippen molar-refractivity contribution in [3.63, 3.8) is 0 Å². The second kappa shape index (κ2) is 6.05. The summed E-state index contributed by atoms with van der Waals surface area (Å²) in [6, 6.07) is 0.740. The lowest BCUT2D eigenvalue weighted by atomic mass is 10.1. The minimum absolute atomic E-state index is 0.0925. The van der Waals surface area contributed by atoms with E-state index in [0.717, 1.165) is 6.07 Å². The molecule has 150 valence electrons. The molecule has 2 atom stereocenters. The van der Waals surface area contributed by atoms with Gasteiger partial charge in [0.05, 0.1) is 22.4 Å². The number of piperazine rings is 1. The second-order valence-corrected chi connectivity index (χ2v) is 8.38. The lowest BCUT2D eigenvalue weighted by molar-refractivity contribution is -0.384. The number of aryl methyl sites for hydroxylation is 1. The van der Waals surface area contributed by atoms with E-state index in [1.807, 2.05) is 25.7 Å². The van der Waals surface area contributed by atoms with Crippen LogP contribution in [0.1, 0.15) is 27.2 Å². The molecular weight excluding hydrogens is 369 g/mol. The largest absolute Gasteiger partial charge is 0.444 e. The molecule has 0 unspecified atom stereocenters. The fraction of sp³-hybridized carbons (Fsp3) is 0.556. The van der Waals surface area contributed by atoms with Crippen LogP contribution in [0.3, 0.4) is 0 Å². The number of aromatic nitrogens is 2. The average Bonchev–Trinajstić information content (AvgIpc) is 3.26. The number of nitro groups is 1. The SMILES string of the molecule is Cn1cc2c(N3C[C@@H]4C[C@H]3CN4C(=O)OC(C)(C)C)c([N+](=O)[O-])cc(F)c2n1. The molecule has 2 aliphatic rings. The molecule has 2 aromatic rings. The number of halogens is 1. The number of benzene rings is 1. The molecule has 2 saturated heterocycles. The van der Waals surface area contributed by atoms with Crippen LogP contribution >= 0.6 is 0 Å². The molecule has 28 heavy (non-hydrogen) atoms. The van der Waals surface area contributed by atoms with Gasteiger partial charge in [0.15, 0.2) is 5.82 Å². The molecule has 2 bridgehead atoms. The van der Waals surface area contributed by atoms with Crippen molar-refractivity contribution in [3.05, 3.63) is 28.2 Å². The topological polar surface area (TPSA) is 93.7 Å². The van der Waals surface area contributed by atoms with Crippen LogP contribution in [0.2, 0.25) is 0 Å². The van der Waals surface area contributed by atoms with E-state index in [0.29, 0.717) is 30.6 Å². The summed E-state index contributed by atoms with van der Waals surface area (Å²) >= 11 is 0. The molecular formula is C18H22FN5O4. The summed E-state index contributed by atoms with van der Waals surface area (Å²) in [5.41, 5.74) is -0.397. The number of carbonyl (C=O) groups excluding carboxylic acids is 1. The molecule has 0 N–H and O–H groups in total. The molecule has 0 saturated carbocycles. The van der Waals surface area contributed by atoms with Gasteiger partial charge in [0.2, 0.25) is 0 Å². The zero-order valence-corrected chi connectivity index (χ0v) is 16.2. The first-order valence-corrected chi connectivity index (χ1v) is 9.11. The number of fused-ring (bicyclic) bond motifs is 3. The quantitative estimate of drug-likeness (QED) is 0.577. The van der Waals surface area contributed by atoms with Crippen LogP contribution in [0.15, 0.2) is 12.3 Å². The summed E-state index contributed by atoms with van der Waals surface area (Å²) < 4.78 is 21.2. The standard InChI is InChI=1S/C18H22FN5O4/c1-18(2,3)28-17(25)23-8-10-5-11(23)7-22(10)16-12-9-21(4)20-15(12)13(19)6-14(16)24(26)27/h6,9-11H,5,7-8H2,1-4H3/t10-,11-/m0/s1. The van der Waals surface area contributed by atoms with Crippen LogP contribution in [-0.2, 0) is 11.8 Å². The predicted molar refractivity (Wildman–Crippen MR) is 99.8 cm³/mol. The third-order valence-electron chi connectivity index (χ3n) is 5.17. The van der Waals surface area contributed by atoms with Crippen LogP contribution in [0.5, 0.6) is 0 Å². The van der Waals surface area contributed by atoms with Crippen LogP contribution in [0.4, 0.5) is 20.6 Å². The van der Waals surface area contributed by atoms with Gasteiger partial charge in [-0.1, -0.05) is 0 Å². The van der Waals surface area contributed by atoms with Crippen molar-refractivity contribution in [3.8, 4) is 0 Å². The number of anilines is 1. The van der Waals surface area contributed by atoms with Crippen LogP contribution in [-0.4, -0.2) is 56.5 Å². The van der Waals surface area contributed by atoms with Gasteiger partial charge in [-0.2, -0.15) is 5.10 Å². The summed E-state index contributed by atoms with van der Waals surface area (Å²) in [5.74, 6) is -0.717. The minimum Gasteiger partial charge on any atom is -0.444 e. The van der Waals surface area contributed by atoms with Crippen molar-refractivity contribution < 1.29 is 18.8 Å². The average molecular weight is 391 g/mol. The van der Waals surface area contributed by atoms with Crippen molar-refractivity contribution in [2.45, 2.75) is 44.9 Å². The zero-order valence-electron chi connectivity index (χ0n) is 16.2. The maximum atomic E-state index is 14.3. The summed E-state index contributed by atoms with van der Waals surface area (Å²) in [4.78, 5) is 27.1. The van der Waals surface area contributed by atoms with Crippen LogP contribution in [0, 0.1) is 15.9 Å². The molecule has 0 aliphatic carbocycles. The molecule has 1 amide bonds. The summed E-state index contributed by atoms with van der Waals surface area (Å²) in [5, 5.41) is 16.1. The number of nitro benzene ring substituents is 1. The van der Waals surface area contributed by atoms with Gasteiger partial charge in [-0.25, -0.2) is 9.18 Å². The molecule has 3 heterocycles. The Labute approximate surface area is 160 Å². The summed E-state index contributed by atoms with van der Waals surface area (Å²) in [6.45, 7) is 6.28. The number of nitrogens with zero attached hydrogens (tertiary/aromatic N) is 5. The Kier molecular flexibility index (Phi) is 3.98. The molecule has 0 radical (unpaired) electrons. The molecule has 1 aromatic heterocycles. The number of likely N-dealkylation sites (tertiary alicyclic amines) is 1. The highest BCUT2D eigenvalue weighted by Gasteiger charge is 2.48.